The van der Waals surface area contributed by atoms with E-state index in [-0.39, 0.29) is 0 Å². The van der Waals surface area contributed by atoms with Crippen LogP contribution in [-0.2, 0) is 9.53 Å². The molecule has 1 rings (SSSR count). The monoisotopic (exact) mass is 352 g/mol. The van der Waals surface area contributed by atoms with E-state index in [0.29, 0.717) is 33.5 Å². The topological polar surface area (TPSA) is 35.5 Å². The van der Waals surface area contributed by atoms with E-state index in [1.165, 1.54) is 6.08 Å². The van der Waals surface area contributed by atoms with E-state index >= 15 is 0 Å². The average Bonchev–Trinajstić information content (AvgIpc) is 2.34. The third-order valence-corrected chi connectivity index (χ3v) is 3.21. The van der Waals surface area contributed by atoms with Gasteiger partial charge < -0.3 is 9.47 Å². The lowest BCUT2D eigenvalue weighted by Gasteiger charge is -2.09. The number of ether oxygens (including phenoxy) is 2. The summed E-state index contributed by atoms with van der Waals surface area (Å²) in [4.78, 5) is 11.3. The van der Waals surface area contributed by atoms with Crippen molar-refractivity contribution >= 4 is 45.1 Å². The van der Waals surface area contributed by atoms with Gasteiger partial charge in [-0.2, -0.15) is 0 Å². The number of carbonyl (C=O) groups is 1. The lowest BCUT2D eigenvalue weighted by molar-refractivity contribution is -0.137. The number of benzene rings is 1. The van der Waals surface area contributed by atoms with Crippen molar-refractivity contribution in [2.45, 2.75) is 6.92 Å². The summed E-state index contributed by atoms with van der Waals surface area (Å²) in [6, 6.07) is 5.02. The van der Waals surface area contributed by atoms with Crippen molar-refractivity contribution in [1.82, 2.24) is 0 Å². The molecule has 1 aromatic rings. The summed E-state index contributed by atoms with van der Waals surface area (Å²) in [5.74, 6) is 0.307. The van der Waals surface area contributed by atoms with Gasteiger partial charge in [-0.15, -0.1) is 0 Å². The Morgan fingerprint density at radius 3 is 2.78 bits per heavy atom. The van der Waals surface area contributed by atoms with Crippen LogP contribution in [0.4, 0.5) is 0 Å². The molecule has 0 aliphatic rings. The Morgan fingerprint density at radius 2 is 2.17 bits per heavy atom. The minimum absolute atomic E-state index is 0.301. The Morgan fingerprint density at radius 1 is 1.44 bits per heavy atom. The second-order valence-electron chi connectivity index (χ2n) is 3.15. The second-order valence-corrected chi connectivity index (χ2v) is 4.50. The van der Waals surface area contributed by atoms with Crippen LogP contribution < -0.4 is 4.74 Å². The molecule has 0 saturated heterocycles. The quantitative estimate of drug-likeness (QED) is 0.344. The number of allylic oxidation sites excluding steroid dienone is 1. The molecular weight excluding hydrogens is 343 g/mol. The molecule has 0 radical (unpaired) electrons. The first-order valence-electron chi connectivity index (χ1n) is 5.13. The van der Waals surface area contributed by atoms with Crippen LogP contribution in [0.25, 0.3) is 0 Å². The molecule has 98 valence electrons. The molecule has 0 N–H and O–H groups in total. The number of rotatable bonds is 5. The lowest BCUT2D eigenvalue weighted by atomic mass is 10.3. The van der Waals surface area contributed by atoms with E-state index in [4.69, 9.17) is 32.7 Å². The van der Waals surface area contributed by atoms with Crippen LogP contribution in [0.3, 0.4) is 0 Å². The normalized spacial score (nSPS) is 11.2. The van der Waals surface area contributed by atoms with Gasteiger partial charge in [-0.05, 0) is 19.1 Å². The third kappa shape index (κ3) is 4.52. The Hall–Kier alpha value is -0.710. The zero-order valence-electron chi connectivity index (χ0n) is 9.58. The van der Waals surface area contributed by atoms with Crippen molar-refractivity contribution in [2.75, 3.05) is 11.9 Å². The van der Waals surface area contributed by atoms with Gasteiger partial charge in [0.05, 0.1) is 23.0 Å². The molecule has 0 aliphatic heterocycles. The molecule has 3 nitrogen and oxygen atoms in total. The highest BCUT2D eigenvalue weighted by atomic mass is 79.9. The van der Waals surface area contributed by atoms with Gasteiger partial charge in [0.1, 0.15) is 16.5 Å². The largest absolute Gasteiger partial charge is 0.463 e. The molecule has 0 aliphatic carbocycles. The van der Waals surface area contributed by atoms with Crippen LogP contribution in [-0.4, -0.2) is 17.9 Å². The molecule has 0 amide bonds. The van der Waals surface area contributed by atoms with Gasteiger partial charge in [0, 0.05) is 0 Å². The maximum atomic E-state index is 11.3. The molecule has 0 unspecified atom stereocenters. The number of carbonyl (C=O) groups excluding carboxylic acids is 1. The summed E-state index contributed by atoms with van der Waals surface area (Å²) >= 11 is 15.1. The molecule has 0 aromatic heterocycles. The van der Waals surface area contributed by atoms with E-state index in [2.05, 4.69) is 15.9 Å². The van der Waals surface area contributed by atoms with E-state index in [1.54, 1.807) is 25.1 Å². The predicted molar refractivity (Wildman–Crippen MR) is 75.6 cm³/mol. The fourth-order valence-corrected chi connectivity index (χ4v) is 1.72. The molecule has 0 bridgehead atoms. The maximum absolute atomic E-state index is 11.3. The molecule has 6 heteroatoms. The Bertz CT molecular complexity index is 461. The van der Waals surface area contributed by atoms with Crippen molar-refractivity contribution < 1.29 is 14.3 Å². The number of hydrogen-bond acceptors (Lipinski definition) is 3. The smallest absolute Gasteiger partial charge is 0.334 e. The standard InChI is InChI=1S/C12H11BrCl2O3/c1-2-17-11(16)6-8(7-13)18-10-5-3-4-9(14)12(10)15/h3-6H,2,7H2,1H3/b8-6-. The Labute approximate surface area is 124 Å². The maximum Gasteiger partial charge on any atom is 0.334 e. The summed E-state index contributed by atoms with van der Waals surface area (Å²) in [5.41, 5.74) is 0. The Balaban J connectivity index is 2.86. The van der Waals surface area contributed by atoms with Crippen LogP contribution in [0.2, 0.25) is 10.0 Å². The summed E-state index contributed by atoms with van der Waals surface area (Å²) in [5, 5.41) is 1.04. The first kappa shape index (κ1) is 15.3. The summed E-state index contributed by atoms with van der Waals surface area (Å²) in [6.45, 7) is 2.04. The average molecular weight is 354 g/mol. The highest BCUT2D eigenvalue weighted by Crippen LogP contribution is 2.32. The molecule has 0 heterocycles. The van der Waals surface area contributed by atoms with Gasteiger partial charge >= 0.3 is 5.97 Å². The highest BCUT2D eigenvalue weighted by Gasteiger charge is 2.09. The van der Waals surface area contributed by atoms with E-state index in [1.807, 2.05) is 0 Å². The minimum atomic E-state index is -0.467. The second kappa shape index (κ2) is 7.67. The van der Waals surface area contributed by atoms with Gasteiger partial charge in [0.15, 0.2) is 0 Å². The number of esters is 1. The lowest BCUT2D eigenvalue weighted by Crippen LogP contribution is -2.05. The fraction of sp³-hybridized carbons (Fsp3) is 0.250. The minimum Gasteiger partial charge on any atom is -0.463 e. The van der Waals surface area contributed by atoms with Crippen LogP contribution in [0, 0.1) is 0 Å². The summed E-state index contributed by atoms with van der Waals surface area (Å²) in [7, 11) is 0. The zero-order valence-corrected chi connectivity index (χ0v) is 12.7. The number of hydrogen-bond donors (Lipinski definition) is 0. The molecule has 0 atom stereocenters. The highest BCUT2D eigenvalue weighted by molar-refractivity contribution is 9.09. The predicted octanol–water partition coefficient (Wildman–Crippen LogP) is 4.21. The van der Waals surface area contributed by atoms with Crippen LogP contribution >= 0.6 is 39.1 Å². The molecule has 18 heavy (non-hydrogen) atoms. The molecule has 0 fully saturated rings. The van der Waals surface area contributed by atoms with Gasteiger partial charge in [-0.1, -0.05) is 45.2 Å². The van der Waals surface area contributed by atoms with Gasteiger partial charge in [-0.25, -0.2) is 4.79 Å². The van der Waals surface area contributed by atoms with Gasteiger partial charge in [0.2, 0.25) is 0 Å². The van der Waals surface area contributed by atoms with Crippen molar-refractivity contribution in [1.29, 1.82) is 0 Å². The molecule has 0 saturated carbocycles. The van der Waals surface area contributed by atoms with E-state index in [0.717, 1.165) is 0 Å². The van der Waals surface area contributed by atoms with Crippen molar-refractivity contribution in [3.8, 4) is 5.75 Å². The first-order chi connectivity index (χ1) is 8.58. The van der Waals surface area contributed by atoms with Gasteiger partial charge in [-0.3, -0.25) is 0 Å². The number of halogens is 3. The number of alkyl halides is 1. The van der Waals surface area contributed by atoms with Crippen molar-refractivity contribution in [3.63, 3.8) is 0 Å². The van der Waals surface area contributed by atoms with E-state index < -0.39 is 5.97 Å². The Kier molecular flexibility index (Phi) is 6.54. The van der Waals surface area contributed by atoms with Crippen LogP contribution in [0.1, 0.15) is 6.92 Å². The van der Waals surface area contributed by atoms with Gasteiger partial charge in [0.25, 0.3) is 0 Å². The molecular formula is C12H11BrCl2O3. The first-order valence-corrected chi connectivity index (χ1v) is 7.01. The van der Waals surface area contributed by atoms with Crippen molar-refractivity contribution in [3.05, 3.63) is 40.1 Å². The van der Waals surface area contributed by atoms with Crippen LogP contribution in [0.15, 0.2) is 30.0 Å². The fourth-order valence-electron chi connectivity index (χ4n) is 1.11. The third-order valence-electron chi connectivity index (χ3n) is 1.85. The summed E-state index contributed by atoms with van der Waals surface area (Å²) < 4.78 is 10.3. The molecule has 0 spiro atoms. The van der Waals surface area contributed by atoms with E-state index in [9.17, 15) is 4.79 Å². The zero-order chi connectivity index (χ0) is 13.5. The molecule has 1 aromatic carbocycles. The van der Waals surface area contributed by atoms with Crippen molar-refractivity contribution in [2.24, 2.45) is 0 Å². The summed E-state index contributed by atoms with van der Waals surface area (Å²) in [6.07, 6.45) is 1.26. The SMILES string of the molecule is CCOC(=O)/C=C(/CBr)Oc1cccc(Cl)c1Cl. The van der Waals surface area contributed by atoms with Crippen LogP contribution in [0.5, 0.6) is 5.75 Å².